The number of fused-ring (bicyclic) bond motifs is 1. The molecule has 18 heavy (non-hydrogen) atoms. The van der Waals surface area contributed by atoms with Crippen molar-refractivity contribution in [2.45, 2.75) is 39.2 Å². The molecule has 2 heterocycles. The first-order valence-corrected chi connectivity index (χ1v) is 6.97. The highest BCUT2D eigenvalue weighted by molar-refractivity contribution is 5.86. The van der Waals surface area contributed by atoms with E-state index in [2.05, 4.69) is 49.0 Å². The Labute approximate surface area is 109 Å². The lowest BCUT2D eigenvalue weighted by atomic mass is 9.99. The van der Waals surface area contributed by atoms with Crippen LogP contribution in [-0.4, -0.2) is 11.1 Å². The van der Waals surface area contributed by atoms with Crippen LogP contribution in [0.25, 0.3) is 10.9 Å². The standard InChI is InChI=1S/C16H22N2/c1-11-7-8-13-12(2)16(18(3)15(13)10-11)14-6-4-5-9-17-14/h7-8,10,14,17H,4-6,9H2,1-3H3. The van der Waals surface area contributed by atoms with Gasteiger partial charge in [0.25, 0.3) is 0 Å². The monoisotopic (exact) mass is 242 g/mol. The maximum atomic E-state index is 3.67. The van der Waals surface area contributed by atoms with Crippen LogP contribution in [0.3, 0.4) is 0 Å². The lowest BCUT2D eigenvalue weighted by molar-refractivity contribution is 0.398. The normalized spacial score (nSPS) is 20.5. The Hall–Kier alpha value is -1.28. The summed E-state index contributed by atoms with van der Waals surface area (Å²) < 4.78 is 2.39. The van der Waals surface area contributed by atoms with Crippen molar-refractivity contribution in [3.05, 3.63) is 35.0 Å². The number of nitrogens with zero attached hydrogens (tertiary/aromatic N) is 1. The van der Waals surface area contributed by atoms with Crippen molar-refractivity contribution in [3.63, 3.8) is 0 Å². The molecule has 1 fully saturated rings. The van der Waals surface area contributed by atoms with Gasteiger partial charge in [-0.3, -0.25) is 0 Å². The van der Waals surface area contributed by atoms with E-state index >= 15 is 0 Å². The van der Waals surface area contributed by atoms with Gasteiger partial charge in [-0.25, -0.2) is 0 Å². The summed E-state index contributed by atoms with van der Waals surface area (Å²) in [6.45, 7) is 5.59. The summed E-state index contributed by atoms with van der Waals surface area (Å²) in [5.74, 6) is 0. The minimum Gasteiger partial charge on any atom is -0.346 e. The average molecular weight is 242 g/mol. The van der Waals surface area contributed by atoms with E-state index in [1.54, 1.807) is 0 Å². The van der Waals surface area contributed by atoms with Gasteiger partial charge in [0.2, 0.25) is 0 Å². The molecule has 0 radical (unpaired) electrons. The average Bonchev–Trinajstić information content (AvgIpc) is 2.63. The molecule has 2 aromatic rings. The molecule has 1 aromatic heterocycles. The van der Waals surface area contributed by atoms with Gasteiger partial charge < -0.3 is 9.88 Å². The highest BCUT2D eigenvalue weighted by Gasteiger charge is 2.21. The second kappa shape index (κ2) is 4.43. The van der Waals surface area contributed by atoms with Crippen molar-refractivity contribution < 1.29 is 0 Å². The van der Waals surface area contributed by atoms with E-state index in [1.807, 2.05) is 0 Å². The molecule has 3 rings (SSSR count). The third kappa shape index (κ3) is 1.76. The Morgan fingerprint density at radius 2 is 2.06 bits per heavy atom. The number of piperidine rings is 1. The van der Waals surface area contributed by atoms with Gasteiger partial charge in [-0.05, 0) is 50.4 Å². The lowest BCUT2D eigenvalue weighted by Crippen LogP contribution is -2.28. The van der Waals surface area contributed by atoms with Crippen molar-refractivity contribution in [2.75, 3.05) is 6.54 Å². The topological polar surface area (TPSA) is 17.0 Å². The first kappa shape index (κ1) is 11.8. The van der Waals surface area contributed by atoms with E-state index in [0.29, 0.717) is 6.04 Å². The maximum absolute atomic E-state index is 3.67. The van der Waals surface area contributed by atoms with E-state index < -0.39 is 0 Å². The van der Waals surface area contributed by atoms with Crippen molar-refractivity contribution in [2.24, 2.45) is 7.05 Å². The summed E-state index contributed by atoms with van der Waals surface area (Å²) in [4.78, 5) is 0. The minimum atomic E-state index is 0.538. The smallest absolute Gasteiger partial charge is 0.0485 e. The SMILES string of the molecule is Cc1ccc2c(C)c(C3CCCCN3)n(C)c2c1. The largest absolute Gasteiger partial charge is 0.346 e. The van der Waals surface area contributed by atoms with Gasteiger partial charge in [0, 0.05) is 29.7 Å². The zero-order valence-corrected chi connectivity index (χ0v) is 11.6. The zero-order chi connectivity index (χ0) is 12.7. The molecule has 1 aromatic carbocycles. The van der Waals surface area contributed by atoms with Crippen LogP contribution >= 0.6 is 0 Å². The molecule has 1 aliphatic rings. The first-order valence-electron chi connectivity index (χ1n) is 6.97. The Kier molecular flexibility index (Phi) is 2.90. The van der Waals surface area contributed by atoms with E-state index in [1.165, 1.54) is 47.0 Å². The van der Waals surface area contributed by atoms with Crippen LogP contribution in [0.5, 0.6) is 0 Å². The fourth-order valence-electron chi connectivity index (χ4n) is 3.34. The predicted octanol–water partition coefficient (Wildman–Crippen LogP) is 3.61. The second-order valence-corrected chi connectivity index (χ2v) is 5.59. The van der Waals surface area contributed by atoms with Crippen molar-refractivity contribution in [3.8, 4) is 0 Å². The van der Waals surface area contributed by atoms with Crippen LogP contribution in [0.4, 0.5) is 0 Å². The van der Waals surface area contributed by atoms with Crippen LogP contribution in [0.2, 0.25) is 0 Å². The summed E-state index contributed by atoms with van der Waals surface area (Å²) >= 11 is 0. The molecule has 1 aliphatic heterocycles. The summed E-state index contributed by atoms with van der Waals surface area (Å²) in [6.07, 6.45) is 3.93. The Bertz CT molecular complexity index is 574. The number of rotatable bonds is 1. The molecule has 1 saturated heterocycles. The second-order valence-electron chi connectivity index (χ2n) is 5.59. The summed E-state index contributed by atoms with van der Waals surface area (Å²) in [6, 6.07) is 7.32. The number of benzene rings is 1. The molecule has 0 spiro atoms. The number of aromatic nitrogens is 1. The molecule has 2 nitrogen and oxygen atoms in total. The number of hydrogen-bond acceptors (Lipinski definition) is 1. The molecule has 1 unspecified atom stereocenters. The van der Waals surface area contributed by atoms with Gasteiger partial charge >= 0.3 is 0 Å². The van der Waals surface area contributed by atoms with Gasteiger partial charge in [-0.1, -0.05) is 18.6 Å². The van der Waals surface area contributed by atoms with E-state index in [-0.39, 0.29) is 0 Å². The number of hydrogen-bond donors (Lipinski definition) is 1. The molecule has 0 saturated carbocycles. The summed E-state index contributed by atoms with van der Waals surface area (Å²) in [5.41, 5.74) is 5.64. The van der Waals surface area contributed by atoms with Crippen LogP contribution in [0.1, 0.15) is 42.1 Å². The Morgan fingerprint density at radius 3 is 2.78 bits per heavy atom. The molecule has 96 valence electrons. The third-order valence-corrected chi connectivity index (χ3v) is 4.30. The van der Waals surface area contributed by atoms with Crippen LogP contribution < -0.4 is 5.32 Å². The Balaban J connectivity index is 2.16. The van der Waals surface area contributed by atoms with Gasteiger partial charge in [0.05, 0.1) is 0 Å². The zero-order valence-electron chi connectivity index (χ0n) is 11.6. The quantitative estimate of drug-likeness (QED) is 0.808. The lowest BCUT2D eigenvalue weighted by Gasteiger charge is -2.25. The molecule has 0 amide bonds. The van der Waals surface area contributed by atoms with E-state index in [9.17, 15) is 0 Å². The maximum Gasteiger partial charge on any atom is 0.0485 e. The van der Waals surface area contributed by atoms with Gasteiger partial charge in [0.1, 0.15) is 0 Å². The predicted molar refractivity (Wildman–Crippen MR) is 77.0 cm³/mol. The van der Waals surface area contributed by atoms with E-state index in [0.717, 1.165) is 6.54 Å². The van der Waals surface area contributed by atoms with Crippen LogP contribution in [-0.2, 0) is 7.05 Å². The van der Waals surface area contributed by atoms with Crippen LogP contribution in [0.15, 0.2) is 18.2 Å². The Morgan fingerprint density at radius 1 is 1.22 bits per heavy atom. The molecule has 0 aliphatic carbocycles. The van der Waals surface area contributed by atoms with Crippen molar-refractivity contribution in [1.82, 2.24) is 9.88 Å². The summed E-state index contributed by atoms with van der Waals surface area (Å²) in [7, 11) is 2.21. The highest BCUT2D eigenvalue weighted by atomic mass is 15.0. The first-order chi connectivity index (χ1) is 8.68. The molecule has 2 heteroatoms. The molecular weight excluding hydrogens is 220 g/mol. The van der Waals surface area contributed by atoms with Gasteiger partial charge in [0.15, 0.2) is 0 Å². The fraction of sp³-hybridized carbons (Fsp3) is 0.500. The highest BCUT2D eigenvalue weighted by Crippen LogP contribution is 2.32. The number of nitrogens with one attached hydrogen (secondary N) is 1. The molecule has 1 atom stereocenters. The molecule has 1 N–H and O–H groups in total. The van der Waals surface area contributed by atoms with Crippen molar-refractivity contribution in [1.29, 1.82) is 0 Å². The summed E-state index contributed by atoms with van der Waals surface area (Å²) in [5, 5.41) is 5.08. The van der Waals surface area contributed by atoms with Gasteiger partial charge in [-0.2, -0.15) is 0 Å². The van der Waals surface area contributed by atoms with Crippen molar-refractivity contribution >= 4 is 10.9 Å². The minimum absolute atomic E-state index is 0.538. The van der Waals surface area contributed by atoms with Crippen LogP contribution in [0, 0.1) is 13.8 Å². The molecule has 0 bridgehead atoms. The molecular formula is C16H22N2. The number of aryl methyl sites for hydroxylation is 3. The third-order valence-electron chi connectivity index (χ3n) is 4.30. The van der Waals surface area contributed by atoms with E-state index in [4.69, 9.17) is 0 Å². The fourth-order valence-corrected chi connectivity index (χ4v) is 3.34. The van der Waals surface area contributed by atoms with Gasteiger partial charge in [-0.15, -0.1) is 0 Å².